The van der Waals surface area contributed by atoms with Crippen molar-refractivity contribution in [1.29, 1.82) is 0 Å². The zero-order valence-electron chi connectivity index (χ0n) is 35.8. The maximum absolute atomic E-state index is 5.26. The highest BCUT2D eigenvalue weighted by atomic mass is 15.3. The van der Waals surface area contributed by atoms with E-state index in [2.05, 4.69) is 211 Å². The largest absolute Gasteiger partial charge is 0.317 e. The van der Waals surface area contributed by atoms with E-state index in [0.29, 0.717) is 0 Å². The standard InChI is InChI=1S/C54H52N6/c1-51(2)53(5,6)59(49(57-51)40-20-14-10-15-21-40)45-28-30-47(55-35-45)43-32-42(39-26-24-38(25-27-39)37-18-12-9-13-19-37)33-44(34-43)48-31-29-46(36-56-48)60-50(41-22-16-11-17-23-41)58-52(3,4)54(60,7)8/h9-36H,1-8H3. The molecule has 0 saturated heterocycles. The number of anilines is 2. The third kappa shape index (κ3) is 6.70. The molecule has 6 nitrogen and oxygen atoms in total. The van der Waals surface area contributed by atoms with Crippen molar-refractivity contribution >= 4 is 23.0 Å². The van der Waals surface area contributed by atoms with E-state index in [1.807, 2.05) is 24.5 Å². The lowest BCUT2D eigenvalue weighted by Crippen LogP contribution is -2.53. The van der Waals surface area contributed by atoms with Crippen LogP contribution in [0, 0.1) is 0 Å². The fourth-order valence-corrected chi connectivity index (χ4v) is 8.39. The van der Waals surface area contributed by atoms with Crippen molar-refractivity contribution in [2.45, 2.75) is 77.5 Å². The molecule has 6 heteroatoms. The van der Waals surface area contributed by atoms with Crippen LogP contribution in [0.1, 0.15) is 66.5 Å². The smallest absolute Gasteiger partial charge is 0.136 e. The van der Waals surface area contributed by atoms with Gasteiger partial charge in [-0.1, -0.05) is 115 Å². The van der Waals surface area contributed by atoms with Crippen LogP contribution < -0.4 is 9.80 Å². The average Bonchev–Trinajstić information content (AvgIpc) is 3.59. The van der Waals surface area contributed by atoms with Crippen LogP contribution in [-0.2, 0) is 0 Å². The zero-order chi connectivity index (χ0) is 41.9. The van der Waals surface area contributed by atoms with Gasteiger partial charge in [-0.15, -0.1) is 0 Å². The first-order valence-corrected chi connectivity index (χ1v) is 20.9. The van der Waals surface area contributed by atoms with Gasteiger partial charge >= 0.3 is 0 Å². The van der Waals surface area contributed by atoms with Gasteiger partial charge in [0.15, 0.2) is 0 Å². The molecule has 0 radical (unpaired) electrons. The van der Waals surface area contributed by atoms with Crippen molar-refractivity contribution in [2.75, 3.05) is 9.80 Å². The normalized spacial score (nSPS) is 17.3. The van der Waals surface area contributed by atoms with Crippen LogP contribution >= 0.6 is 0 Å². The fraction of sp³-hybridized carbons (Fsp3) is 0.222. The SMILES string of the molecule is CC1(C)N=C(c2ccccc2)N(c2ccc(-c3cc(-c4ccc(-c5ccccc5)cc4)cc(-c4ccc(N5C(c6ccccc6)=NC(C)(C)C5(C)C)cn4)c3)nc2)C1(C)C. The Morgan fingerprint density at radius 1 is 0.333 bits per heavy atom. The number of hydrogen-bond acceptors (Lipinski definition) is 6. The van der Waals surface area contributed by atoms with Gasteiger partial charge in [0.05, 0.1) is 57.3 Å². The van der Waals surface area contributed by atoms with E-state index in [1.165, 1.54) is 11.1 Å². The molecule has 5 aromatic carbocycles. The van der Waals surface area contributed by atoms with Crippen LogP contribution in [0.5, 0.6) is 0 Å². The van der Waals surface area contributed by atoms with Gasteiger partial charge in [-0.3, -0.25) is 20.0 Å². The number of rotatable bonds is 8. The molecule has 9 rings (SSSR count). The van der Waals surface area contributed by atoms with E-state index in [0.717, 1.165) is 67.8 Å². The lowest BCUT2D eigenvalue weighted by Gasteiger charge is -2.41. The monoisotopic (exact) mass is 784 g/mol. The highest BCUT2D eigenvalue weighted by molar-refractivity contribution is 6.13. The zero-order valence-corrected chi connectivity index (χ0v) is 35.8. The Hall–Kier alpha value is -6.66. The van der Waals surface area contributed by atoms with Crippen LogP contribution in [-0.4, -0.2) is 43.8 Å². The molecule has 0 saturated carbocycles. The van der Waals surface area contributed by atoms with E-state index in [-0.39, 0.29) is 22.2 Å². The number of benzene rings is 5. The van der Waals surface area contributed by atoms with Gasteiger partial charge < -0.3 is 9.80 Å². The Bertz CT molecular complexity index is 2570. The summed E-state index contributed by atoms with van der Waals surface area (Å²) in [5.41, 5.74) is 11.4. The van der Waals surface area contributed by atoms with E-state index < -0.39 is 0 Å². The lowest BCUT2D eigenvalue weighted by atomic mass is 9.83. The van der Waals surface area contributed by atoms with Crippen LogP contribution in [0.15, 0.2) is 180 Å². The van der Waals surface area contributed by atoms with Crippen LogP contribution in [0.3, 0.4) is 0 Å². The summed E-state index contributed by atoms with van der Waals surface area (Å²) in [6.45, 7) is 17.9. The predicted octanol–water partition coefficient (Wildman–Crippen LogP) is 12.8. The summed E-state index contributed by atoms with van der Waals surface area (Å²) in [5, 5.41) is 0. The molecule has 0 amide bonds. The molecule has 0 fully saturated rings. The van der Waals surface area contributed by atoms with Crippen molar-refractivity contribution < 1.29 is 0 Å². The highest BCUT2D eigenvalue weighted by Crippen LogP contribution is 2.44. The van der Waals surface area contributed by atoms with Gasteiger partial charge in [0.2, 0.25) is 0 Å². The van der Waals surface area contributed by atoms with Crippen molar-refractivity contribution in [3.8, 4) is 44.8 Å². The third-order valence-corrected chi connectivity index (χ3v) is 13.2. The minimum Gasteiger partial charge on any atom is -0.317 e. The lowest BCUT2D eigenvalue weighted by molar-refractivity contribution is 0.338. The topological polar surface area (TPSA) is 57.0 Å². The van der Waals surface area contributed by atoms with Gasteiger partial charge in [-0.05, 0) is 120 Å². The fourth-order valence-electron chi connectivity index (χ4n) is 8.39. The minimum absolute atomic E-state index is 0.286. The van der Waals surface area contributed by atoms with Crippen LogP contribution in [0.4, 0.5) is 11.4 Å². The third-order valence-electron chi connectivity index (χ3n) is 13.2. The second-order valence-corrected chi connectivity index (χ2v) is 18.1. The maximum atomic E-state index is 5.26. The Kier molecular flexibility index (Phi) is 9.42. The number of aliphatic imine (C=N–C) groups is 2. The molecule has 2 aromatic heterocycles. The molecule has 0 N–H and O–H groups in total. The molecule has 0 atom stereocenters. The Morgan fingerprint density at radius 2 is 0.667 bits per heavy atom. The first-order valence-electron chi connectivity index (χ1n) is 20.9. The predicted molar refractivity (Wildman–Crippen MR) is 251 cm³/mol. The van der Waals surface area contributed by atoms with Gasteiger partial charge in [0.25, 0.3) is 0 Å². The molecule has 7 aromatic rings. The second kappa shape index (κ2) is 14.6. The second-order valence-electron chi connectivity index (χ2n) is 18.1. The molecule has 2 aliphatic heterocycles. The first-order chi connectivity index (χ1) is 28.7. The summed E-state index contributed by atoms with van der Waals surface area (Å²) in [6, 6.07) is 55.6. The number of aromatic nitrogens is 2. The van der Waals surface area contributed by atoms with E-state index in [1.54, 1.807) is 0 Å². The summed E-state index contributed by atoms with van der Waals surface area (Å²) < 4.78 is 0. The van der Waals surface area contributed by atoms with E-state index in [9.17, 15) is 0 Å². The number of hydrogen-bond donors (Lipinski definition) is 0. The quantitative estimate of drug-likeness (QED) is 0.154. The molecule has 0 aliphatic carbocycles. The molecule has 4 heterocycles. The molecule has 60 heavy (non-hydrogen) atoms. The molecule has 2 aliphatic rings. The van der Waals surface area contributed by atoms with Crippen molar-refractivity contribution in [1.82, 2.24) is 9.97 Å². The van der Waals surface area contributed by atoms with Gasteiger partial charge in [-0.2, -0.15) is 0 Å². The van der Waals surface area contributed by atoms with Crippen LogP contribution in [0.2, 0.25) is 0 Å². The Labute approximate surface area is 355 Å². The van der Waals surface area contributed by atoms with Gasteiger partial charge in [-0.25, -0.2) is 0 Å². The summed E-state index contributed by atoms with van der Waals surface area (Å²) in [7, 11) is 0. The summed E-state index contributed by atoms with van der Waals surface area (Å²) >= 11 is 0. The van der Waals surface area contributed by atoms with Gasteiger partial charge in [0, 0.05) is 22.3 Å². The number of nitrogens with zero attached hydrogens (tertiary/aromatic N) is 6. The van der Waals surface area contributed by atoms with Gasteiger partial charge in [0.1, 0.15) is 11.7 Å². The maximum Gasteiger partial charge on any atom is 0.136 e. The molecule has 0 unspecified atom stereocenters. The average molecular weight is 785 g/mol. The Morgan fingerprint density at radius 3 is 1.03 bits per heavy atom. The Balaban J connectivity index is 1.11. The minimum atomic E-state index is -0.310. The highest BCUT2D eigenvalue weighted by Gasteiger charge is 2.51. The molecular formula is C54H52N6. The van der Waals surface area contributed by atoms with Crippen LogP contribution in [0.25, 0.3) is 44.8 Å². The summed E-state index contributed by atoms with van der Waals surface area (Å²) in [4.78, 5) is 25.5. The number of pyridine rings is 2. The summed E-state index contributed by atoms with van der Waals surface area (Å²) in [6.07, 6.45) is 3.99. The van der Waals surface area contributed by atoms with Crippen molar-refractivity contribution in [2.24, 2.45) is 9.98 Å². The first kappa shape index (κ1) is 38.8. The van der Waals surface area contributed by atoms with Crippen molar-refractivity contribution in [3.63, 3.8) is 0 Å². The molecule has 298 valence electrons. The van der Waals surface area contributed by atoms with Crippen molar-refractivity contribution in [3.05, 3.63) is 181 Å². The van der Waals surface area contributed by atoms with E-state index in [4.69, 9.17) is 20.0 Å². The molecule has 0 bridgehead atoms. The molecule has 0 spiro atoms. The molecular weight excluding hydrogens is 733 g/mol. The number of amidine groups is 2. The van der Waals surface area contributed by atoms with E-state index >= 15 is 0 Å². The summed E-state index contributed by atoms with van der Waals surface area (Å²) in [5.74, 6) is 1.92.